The molecule has 0 radical (unpaired) electrons. The fraction of sp³-hybridized carbons (Fsp3) is 0.625. The normalized spacial score (nSPS) is 20.9. The molecule has 0 aromatic heterocycles. The zero-order chi connectivity index (χ0) is 13.0. The molecule has 0 aliphatic carbocycles. The summed E-state index contributed by atoms with van der Waals surface area (Å²) in [4.78, 5) is 0. The van der Waals surface area contributed by atoms with E-state index in [2.05, 4.69) is 43.4 Å². The van der Waals surface area contributed by atoms with Gasteiger partial charge in [-0.25, -0.2) is 0 Å². The number of hydrogen-bond acceptors (Lipinski definition) is 2. The topological polar surface area (TPSA) is 21.3 Å². The molecule has 1 aromatic carbocycles. The van der Waals surface area contributed by atoms with E-state index in [0.29, 0.717) is 6.04 Å². The van der Waals surface area contributed by atoms with Crippen molar-refractivity contribution in [2.45, 2.75) is 44.6 Å². The van der Waals surface area contributed by atoms with Gasteiger partial charge in [-0.2, -0.15) is 0 Å². The molecule has 0 amide bonds. The van der Waals surface area contributed by atoms with Gasteiger partial charge in [0, 0.05) is 18.6 Å². The minimum Gasteiger partial charge on any atom is -0.384 e. The van der Waals surface area contributed by atoms with Crippen molar-refractivity contribution >= 4 is 0 Å². The Hall–Kier alpha value is -0.860. The molecule has 2 heteroatoms. The van der Waals surface area contributed by atoms with Crippen LogP contribution in [0.2, 0.25) is 0 Å². The molecule has 1 atom stereocenters. The van der Waals surface area contributed by atoms with E-state index < -0.39 is 0 Å². The number of nitrogens with one attached hydrogen (secondary N) is 1. The summed E-state index contributed by atoms with van der Waals surface area (Å²) < 4.78 is 5.33. The van der Waals surface area contributed by atoms with E-state index in [1.54, 1.807) is 7.11 Å². The summed E-state index contributed by atoms with van der Waals surface area (Å²) in [6.45, 7) is 6.39. The van der Waals surface area contributed by atoms with Crippen LogP contribution in [0.1, 0.15) is 50.3 Å². The summed E-state index contributed by atoms with van der Waals surface area (Å²) in [5.74, 6) is 0. The smallest absolute Gasteiger partial charge is 0.0553 e. The highest BCUT2D eigenvalue weighted by Crippen LogP contribution is 2.28. The van der Waals surface area contributed by atoms with Crippen LogP contribution in [0, 0.1) is 0 Å². The van der Waals surface area contributed by atoms with Crippen molar-refractivity contribution in [1.29, 1.82) is 0 Å². The fourth-order valence-electron chi connectivity index (χ4n) is 2.76. The molecule has 1 N–H and O–H groups in total. The van der Waals surface area contributed by atoms with Gasteiger partial charge in [-0.15, -0.1) is 0 Å². The maximum absolute atomic E-state index is 5.33. The number of methoxy groups -OCH3 is 1. The number of rotatable bonds is 4. The standard InChI is InChI=1S/C16H25NO/c1-16(2,12-18-3)14-8-6-7-13(11-14)15-9-4-5-10-17-15/h6-8,11,15,17H,4-5,9-10,12H2,1-3H3. The first kappa shape index (κ1) is 13.6. The molecule has 100 valence electrons. The van der Waals surface area contributed by atoms with Crippen molar-refractivity contribution in [1.82, 2.24) is 5.32 Å². The molecule has 1 fully saturated rings. The molecule has 1 unspecified atom stereocenters. The summed E-state index contributed by atoms with van der Waals surface area (Å²) >= 11 is 0. The third-order valence-corrected chi connectivity index (χ3v) is 3.89. The van der Waals surface area contributed by atoms with Crippen molar-refractivity contribution in [2.75, 3.05) is 20.3 Å². The maximum Gasteiger partial charge on any atom is 0.0553 e. The van der Waals surface area contributed by atoms with Crippen molar-refractivity contribution in [2.24, 2.45) is 0 Å². The highest BCUT2D eigenvalue weighted by molar-refractivity contribution is 5.31. The third-order valence-electron chi connectivity index (χ3n) is 3.89. The van der Waals surface area contributed by atoms with Crippen molar-refractivity contribution in [3.63, 3.8) is 0 Å². The second-order valence-corrected chi connectivity index (χ2v) is 5.94. The van der Waals surface area contributed by atoms with Crippen LogP contribution in [0.4, 0.5) is 0 Å². The second kappa shape index (κ2) is 5.85. The van der Waals surface area contributed by atoms with Crippen molar-refractivity contribution < 1.29 is 4.74 Å². The van der Waals surface area contributed by atoms with Gasteiger partial charge in [-0.05, 0) is 30.5 Å². The molecular formula is C16H25NO. The zero-order valence-electron chi connectivity index (χ0n) is 11.8. The average molecular weight is 247 g/mol. The van der Waals surface area contributed by atoms with Gasteiger partial charge in [0.25, 0.3) is 0 Å². The van der Waals surface area contributed by atoms with Crippen LogP contribution in [0.5, 0.6) is 0 Å². The van der Waals surface area contributed by atoms with Crippen molar-refractivity contribution in [3.8, 4) is 0 Å². The number of hydrogen-bond donors (Lipinski definition) is 1. The van der Waals surface area contributed by atoms with Gasteiger partial charge in [0.1, 0.15) is 0 Å². The SMILES string of the molecule is COCC(C)(C)c1cccc(C2CCCCN2)c1. The molecule has 1 aliphatic heterocycles. The van der Waals surface area contributed by atoms with Crippen LogP contribution in [-0.4, -0.2) is 20.3 Å². The molecule has 2 nitrogen and oxygen atoms in total. The highest BCUT2D eigenvalue weighted by Gasteiger charge is 2.22. The number of ether oxygens (including phenoxy) is 1. The van der Waals surface area contributed by atoms with E-state index in [4.69, 9.17) is 4.74 Å². The molecule has 1 aromatic rings. The third kappa shape index (κ3) is 3.12. The lowest BCUT2D eigenvalue weighted by molar-refractivity contribution is 0.146. The zero-order valence-corrected chi connectivity index (χ0v) is 11.8. The quantitative estimate of drug-likeness (QED) is 0.880. The maximum atomic E-state index is 5.33. The van der Waals surface area contributed by atoms with E-state index in [0.717, 1.165) is 13.2 Å². The molecule has 0 saturated carbocycles. The first-order chi connectivity index (χ1) is 8.63. The minimum absolute atomic E-state index is 0.0828. The predicted molar refractivity (Wildman–Crippen MR) is 75.9 cm³/mol. The van der Waals surface area contributed by atoms with Crippen molar-refractivity contribution in [3.05, 3.63) is 35.4 Å². The lowest BCUT2D eigenvalue weighted by Gasteiger charge is -2.28. The predicted octanol–water partition coefficient (Wildman–Crippen LogP) is 3.43. The van der Waals surface area contributed by atoms with Gasteiger partial charge >= 0.3 is 0 Å². The van der Waals surface area contributed by atoms with Crippen LogP contribution in [0.3, 0.4) is 0 Å². The van der Waals surface area contributed by atoms with E-state index in [-0.39, 0.29) is 5.41 Å². The van der Waals surface area contributed by atoms with Gasteiger partial charge in [0.05, 0.1) is 6.61 Å². The molecule has 0 bridgehead atoms. The number of piperidine rings is 1. The van der Waals surface area contributed by atoms with E-state index >= 15 is 0 Å². The largest absolute Gasteiger partial charge is 0.384 e. The van der Waals surface area contributed by atoms with Gasteiger partial charge in [0.2, 0.25) is 0 Å². The van der Waals surface area contributed by atoms with Gasteiger partial charge < -0.3 is 10.1 Å². The minimum atomic E-state index is 0.0828. The Morgan fingerprint density at radius 1 is 1.33 bits per heavy atom. The lowest BCUT2D eigenvalue weighted by Crippen LogP contribution is -2.28. The molecule has 1 aliphatic rings. The Balaban J connectivity index is 2.18. The summed E-state index contributed by atoms with van der Waals surface area (Å²) in [6, 6.07) is 9.53. The Labute approximate surface area is 111 Å². The fourth-order valence-corrected chi connectivity index (χ4v) is 2.76. The lowest BCUT2D eigenvalue weighted by atomic mass is 9.83. The van der Waals surface area contributed by atoms with Crippen LogP contribution in [0.15, 0.2) is 24.3 Å². The molecular weight excluding hydrogens is 222 g/mol. The molecule has 0 spiro atoms. The van der Waals surface area contributed by atoms with Gasteiger partial charge in [-0.1, -0.05) is 44.5 Å². The Morgan fingerprint density at radius 2 is 2.17 bits per heavy atom. The second-order valence-electron chi connectivity index (χ2n) is 5.94. The Kier molecular flexibility index (Phi) is 4.41. The molecule has 18 heavy (non-hydrogen) atoms. The van der Waals surface area contributed by atoms with Crippen LogP contribution >= 0.6 is 0 Å². The molecule has 1 saturated heterocycles. The van der Waals surface area contributed by atoms with E-state index in [1.165, 1.54) is 30.4 Å². The first-order valence-electron chi connectivity index (χ1n) is 6.96. The summed E-state index contributed by atoms with van der Waals surface area (Å²) in [7, 11) is 1.77. The highest BCUT2D eigenvalue weighted by atomic mass is 16.5. The average Bonchev–Trinajstić information content (AvgIpc) is 2.40. The van der Waals surface area contributed by atoms with Crippen LogP contribution in [-0.2, 0) is 10.2 Å². The number of benzene rings is 1. The summed E-state index contributed by atoms with van der Waals surface area (Å²) in [5.41, 5.74) is 2.88. The summed E-state index contributed by atoms with van der Waals surface area (Å²) in [5, 5.41) is 3.61. The summed E-state index contributed by atoms with van der Waals surface area (Å²) in [6.07, 6.45) is 3.91. The molecule has 1 heterocycles. The first-order valence-corrected chi connectivity index (χ1v) is 6.96. The van der Waals surface area contributed by atoms with Gasteiger partial charge in [0.15, 0.2) is 0 Å². The van der Waals surface area contributed by atoms with Crippen LogP contribution in [0.25, 0.3) is 0 Å². The van der Waals surface area contributed by atoms with E-state index in [9.17, 15) is 0 Å². The monoisotopic (exact) mass is 247 g/mol. The Morgan fingerprint density at radius 3 is 2.83 bits per heavy atom. The van der Waals surface area contributed by atoms with E-state index in [1.807, 2.05) is 0 Å². The van der Waals surface area contributed by atoms with Gasteiger partial charge in [-0.3, -0.25) is 0 Å². The molecule has 2 rings (SSSR count). The Bertz CT molecular complexity index is 380. The van der Waals surface area contributed by atoms with Crippen LogP contribution < -0.4 is 5.32 Å².